The molecule has 3 aromatic carbocycles. The normalized spacial score (nSPS) is 15.1. The Labute approximate surface area is 720 Å². The summed E-state index contributed by atoms with van der Waals surface area (Å²) in [5.74, 6) is -0.0565. The summed E-state index contributed by atoms with van der Waals surface area (Å²) in [7, 11) is 0. The number of rotatable bonds is 21. The lowest BCUT2D eigenvalue weighted by atomic mass is 9.80. The van der Waals surface area contributed by atoms with E-state index in [9.17, 15) is 59.4 Å². The van der Waals surface area contributed by atoms with E-state index < -0.39 is 51.0 Å². The summed E-state index contributed by atoms with van der Waals surface area (Å²) in [5.41, 5.74) is 6.49. The van der Waals surface area contributed by atoms with E-state index in [-0.39, 0.29) is 18.1 Å². The third-order valence-corrected chi connectivity index (χ3v) is 24.9. The van der Waals surface area contributed by atoms with Crippen molar-refractivity contribution in [2.45, 2.75) is 138 Å². The van der Waals surface area contributed by atoms with Gasteiger partial charge in [-0.2, -0.15) is 0 Å². The monoisotopic (exact) mass is 1730 g/mol. The smallest absolute Gasteiger partial charge is 0.321 e. The first-order valence-electron chi connectivity index (χ1n) is 40.3. The maximum atomic E-state index is 12.2. The predicted molar refractivity (Wildman–Crippen MR) is 475 cm³/mol. The number of aliphatic carboxylic acids is 3. The van der Waals surface area contributed by atoms with Gasteiger partial charge >= 0.3 is 36.0 Å². The van der Waals surface area contributed by atoms with Gasteiger partial charge in [0.05, 0.1) is 64.0 Å². The Morgan fingerprint density at radius 2 is 0.724 bits per heavy atom. The number of hydrogen-bond donors (Lipinski definition) is 12. The van der Waals surface area contributed by atoms with Crippen molar-refractivity contribution in [3.05, 3.63) is 140 Å². The van der Waals surface area contributed by atoms with Gasteiger partial charge in [-0.15, -0.1) is 0 Å². The number of carboxylic acids is 3. The van der Waals surface area contributed by atoms with Crippen molar-refractivity contribution in [1.82, 2.24) is 80.7 Å². The lowest BCUT2D eigenvalue weighted by Crippen LogP contribution is -2.43. The minimum Gasteiger partial charge on any atom is -0.481 e. The van der Waals surface area contributed by atoms with Gasteiger partial charge in [-0.25, -0.2) is 74.2 Å². The minimum atomic E-state index is -1.17. The van der Waals surface area contributed by atoms with Crippen LogP contribution in [0.3, 0.4) is 0 Å². The van der Waals surface area contributed by atoms with E-state index >= 15 is 0 Å². The zero-order valence-corrected chi connectivity index (χ0v) is 72.6. The van der Waals surface area contributed by atoms with Crippen LogP contribution in [0, 0.1) is 16.2 Å². The summed E-state index contributed by atoms with van der Waals surface area (Å²) < 4.78 is 2.55. The number of thiazole rings is 3. The fourth-order valence-electron chi connectivity index (χ4n) is 14.1. The topological polar surface area (TPSA) is 473 Å². The highest BCUT2D eigenvalue weighted by Crippen LogP contribution is 2.45. The summed E-state index contributed by atoms with van der Waals surface area (Å²) in [6, 6.07) is 22.3. The molecule has 0 radical (unpaired) electrons. The molecule has 642 valence electrons. The fourth-order valence-corrected chi connectivity index (χ4v) is 17.0. The predicted octanol–water partition coefficient (Wildman–Crippen LogP) is 14.0. The van der Waals surface area contributed by atoms with Crippen LogP contribution < -0.4 is 46.6 Å². The number of hydrogen-bond acceptors (Lipinski definition) is 28. The van der Waals surface area contributed by atoms with Gasteiger partial charge in [-0.1, -0.05) is 40.1 Å². The van der Waals surface area contributed by atoms with Crippen molar-refractivity contribution in [2.24, 2.45) is 16.2 Å². The van der Waals surface area contributed by atoms with Crippen LogP contribution in [0.15, 0.2) is 122 Å². The molecule has 12 heterocycles. The summed E-state index contributed by atoms with van der Waals surface area (Å²) in [6.45, 7) is 25.7. The molecule has 0 atom stereocenters. The highest BCUT2D eigenvalue weighted by molar-refractivity contribution is 7.23. The SMILES string of the molecule is CCNC(=O)Nc1nc2cc(-c3cnc(C(C)(C)O)nc3)cc(-c3cc(N4CCC(C)(C(=O)O)CC4)ccn3)c2s1.CCNC(=O)Nc1nc2cc(-c3cnc(C(C)(C)O)nc3)cc(-c3cccc(N4CCC(C)(C(=O)O)CC4)n3)c2s1.CCNC(=O)Nc1nc2cc(-c3cnc(C(C)(C)O)nc3)cc(-c3ccnc(N4CCC(C)(C(=O)O)CC4)n3)c2s1. The molecule has 37 heteroatoms. The first-order valence-corrected chi connectivity index (χ1v) is 42.7. The quantitative estimate of drug-likeness (QED) is 0.0318. The standard InChI is InChI=1S/2C29H33N7O4S.C28H32N8O4S/c1-5-30-26(39)35-27-34-22-13-17(18-15-32-24(33-16-18)28(2,3)40)12-20(23(22)41-27)21-14-19(6-9-31-21)36-10-7-29(4,8-11-36)25(37)38;1-5-30-26(39)35-27-34-21-14-17(18-15-31-24(32-16-18)28(2,3)40)13-19(23(21)41-27)20-7-6-8-22(33-20)36-11-9-29(4,10-12-36)25(37)38;1-5-29-25(39)35-26-34-20-13-16(17-14-31-22(32-15-17)27(2,3)40)12-18(21(20)41-26)19-6-9-30-24(33-19)36-10-7-28(4,8-11-36)23(37)38/h6,9,12-16,40H,5,7-8,10-11H2,1-4H3,(H,37,38)(H2,30,34,35,39);6-8,13-16,40H,5,9-12H2,1-4H3,(H,37,38)(H2,30,34,35,39);6,9,12-15,40H,5,7-8,10-11H2,1-4H3,(H,37,38)(H2,29,34,35,39). The lowest BCUT2D eigenvalue weighted by Gasteiger charge is -2.37. The summed E-state index contributed by atoms with van der Waals surface area (Å²) in [4.78, 5) is 137. The van der Waals surface area contributed by atoms with E-state index in [1.165, 1.54) is 34.0 Å². The number of nitrogens with one attached hydrogen (secondary N) is 6. The zero-order chi connectivity index (χ0) is 88.1. The number of nitrogens with zero attached hydrogens (tertiary/aromatic N) is 16. The molecule has 0 spiro atoms. The number of carboxylic acid groups (broad SMARTS) is 3. The highest BCUT2D eigenvalue weighted by atomic mass is 32.1. The van der Waals surface area contributed by atoms with Crippen LogP contribution in [0.2, 0.25) is 0 Å². The van der Waals surface area contributed by atoms with Gasteiger partial charge in [-0.05, 0) is 205 Å². The molecule has 123 heavy (non-hydrogen) atoms. The molecule has 0 unspecified atom stereocenters. The molecule has 6 amide bonds. The maximum Gasteiger partial charge on any atom is 0.321 e. The minimum absolute atomic E-state index is 0.311. The van der Waals surface area contributed by atoms with Gasteiger partial charge in [-0.3, -0.25) is 35.3 Å². The summed E-state index contributed by atoms with van der Waals surface area (Å²) >= 11 is 4.06. The molecule has 12 N–H and O–H groups in total. The number of amides is 6. The van der Waals surface area contributed by atoms with Gasteiger partial charge in [0.1, 0.15) is 22.6 Å². The molecule has 3 fully saturated rings. The zero-order valence-electron chi connectivity index (χ0n) is 70.2. The second kappa shape index (κ2) is 36.2. The lowest BCUT2D eigenvalue weighted by molar-refractivity contribution is -0.149. The van der Waals surface area contributed by atoms with Crippen LogP contribution in [-0.2, 0) is 31.2 Å². The molecule has 15 rings (SSSR count). The van der Waals surface area contributed by atoms with Crippen molar-refractivity contribution in [2.75, 3.05) is 89.6 Å². The third-order valence-electron chi connectivity index (χ3n) is 21.8. The van der Waals surface area contributed by atoms with Crippen molar-refractivity contribution in [3.63, 3.8) is 0 Å². The van der Waals surface area contributed by atoms with E-state index in [1.54, 1.807) is 112 Å². The Hall–Kier alpha value is -12.6. The molecule has 34 nitrogen and oxygen atoms in total. The van der Waals surface area contributed by atoms with Crippen LogP contribution >= 0.6 is 34.0 Å². The molecule has 0 bridgehead atoms. The highest BCUT2D eigenvalue weighted by Gasteiger charge is 2.40. The maximum absolute atomic E-state index is 12.2. The van der Waals surface area contributed by atoms with Gasteiger partial charge in [0, 0.05) is 148 Å². The first-order chi connectivity index (χ1) is 58.4. The second-order valence-corrected chi connectivity index (χ2v) is 35.8. The summed E-state index contributed by atoms with van der Waals surface area (Å²) in [6.07, 6.45) is 16.6. The average Bonchev–Trinajstić information content (AvgIpc) is 1.70. The molecule has 9 aromatic heterocycles. The number of carbonyl (C=O) groups is 6. The number of piperidine rings is 3. The Kier molecular flexibility index (Phi) is 26.0. The van der Waals surface area contributed by atoms with Crippen molar-refractivity contribution in [1.29, 1.82) is 0 Å². The Bertz CT molecular complexity index is 5340. The number of anilines is 6. The van der Waals surface area contributed by atoms with Gasteiger partial charge in [0.15, 0.2) is 32.9 Å². The number of urea groups is 3. The van der Waals surface area contributed by atoms with Crippen molar-refractivity contribution >= 4 is 134 Å². The van der Waals surface area contributed by atoms with Crippen LogP contribution in [0.5, 0.6) is 0 Å². The van der Waals surface area contributed by atoms with E-state index in [1.807, 2.05) is 98.5 Å². The first kappa shape index (κ1) is 88.2. The number of fused-ring (bicyclic) bond motifs is 3. The van der Waals surface area contributed by atoms with Crippen LogP contribution in [-0.4, -0.2) is 190 Å². The third kappa shape index (κ3) is 20.5. The second-order valence-electron chi connectivity index (χ2n) is 32.8. The molecule has 3 aliphatic rings. The number of pyridine rings is 2. The molecule has 12 aromatic rings. The Balaban J connectivity index is 0.000000159. The van der Waals surface area contributed by atoms with E-state index in [0.717, 1.165) is 87.1 Å². The molecule has 0 saturated carbocycles. The van der Waals surface area contributed by atoms with Crippen LogP contribution in [0.25, 0.3) is 97.8 Å². The molecule has 3 saturated heterocycles. The Morgan fingerprint density at radius 3 is 1.07 bits per heavy atom. The number of aliphatic hydroxyl groups is 3. The van der Waals surface area contributed by atoms with Crippen molar-refractivity contribution < 1.29 is 59.4 Å². The van der Waals surface area contributed by atoms with E-state index in [2.05, 4.69) is 96.5 Å². The largest absolute Gasteiger partial charge is 0.481 e. The van der Waals surface area contributed by atoms with Crippen LogP contribution in [0.4, 0.5) is 47.2 Å². The van der Waals surface area contributed by atoms with Crippen molar-refractivity contribution in [3.8, 4) is 67.2 Å². The van der Waals surface area contributed by atoms with Gasteiger partial charge in [0.25, 0.3) is 0 Å². The van der Waals surface area contributed by atoms with Crippen LogP contribution in [0.1, 0.15) is 139 Å². The molecule has 3 aliphatic heterocycles. The van der Waals surface area contributed by atoms with Gasteiger partial charge < -0.3 is 61.3 Å². The van der Waals surface area contributed by atoms with E-state index in [4.69, 9.17) is 9.97 Å². The fraction of sp³-hybridized carbons (Fsp3) is 0.384. The molecular formula is C86H98N22O12S3. The average molecular weight is 1730 g/mol. The van der Waals surface area contributed by atoms with E-state index in [0.29, 0.717) is 158 Å². The number of aromatic nitrogens is 13. The number of benzene rings is 3. The molecular weight excluding hydrogens is 1630 g/mol. The van der Waals surface area contributed by atoms with Gasteiger partial charge in [0.2, 0.25) is 5.95 Å². The number of carbonyl (C=O) groups excluding carboxylic acids is 3. The Morgan fingerprint density at radius 1 is 0.390 bits per heavy atom. The summed E-state index contributed by atoms with van der Waals surface area (Å²) in [5, 5.41) is 77.6. The molecule has 0 aliphatic carbocycles.